The van der Waals surface area contributed by atoms with Gasteiger partial charge in [0.05, 0.1) is 18.4 Å². The molecule has 0 bridgehead atoms. The normalized spacial score (nSPS) is 29.5. The number of nitrogens with one attached hydrogen (secondary N) is 1. The van der Waals surface area contributed by atoms with Crippen LogP contribution in [-0.2, 0) is 19.1 Å². The van der Waals surface area contributed by atoms with Gasteiger partial charge in [0.1, 0.15) is 12.3 Å². The maximum absolute atomic E-state index is 12.7. The summed E-state index contributed by atoms with van der Waals surface area (Å²) in [5, 5.41) is 3.10. The average molecular weight is 360 g/mol. The zero-order valence-corrected chi connectivity index (χ0v) is 15.1. The third kappa shape index (κ3) is 2.95. The molecule has 26 heavy (non-hydrogen) atoms. The summed E-state index contributed by atoms with van der Waals surface area (Å²) in [6.07, 6.45) is 1.13. The van der Waals surface area contributed by atoms with Crippen molar-refractivity contribution < 1.29 is 23.8 Å². The van der Waals surface area contributed by atoms with Crippen LogP contribution in [0.3, 0.4) is 0 Å². The van der Waals surface area contributed by atoms with E-state index in [-0.39, 0.29) is 43.0 Å². The molecule has 0 unspecified atom stereocenters. The molecule has 1 aromatic carbocycles. The molecule has 0 spiro atoms. The Morgan fingerprint density at radius 2 is 2.27 bits per heavy atom. The lowest BCUT2D eigenvalue weighted by atomic mass is 9.67. The molecule has 4 rings (SSSR count). The minimum Gasteiger partial charge on any atom is -0.482 e. The van der Waals surface area contributed by atoms with Crippen LogP contribution < -0.4 is 15.0 Å². The molecule has 2 heterocycles. The Balaban J connectivity index is 1.45. The third-order valence-corrected chi connectivity index (χ3v) is 5.57. The van der Waals surface area contributed by atoms with Crippen LogP contribution in [0.25, 0.3) is 0 Å². The van der Waals surface area contributed by atoms with E-state index in [1.165, 1.54) is 4.90 Å². The molecule has 3 aliphatic rings. The van der Waals surface area contributed by atoms with Crippen molar-refractivity contribution in [2.45, 2.75) is 25.5 Å². The van der Waals surface area contributed by atoms with Gasteiger partial charge in [-0.05, 0) is 31.0 Å². The van der Waals surface area contributed by atoms with Gasteiger partial charge in [-0.2, -0.15) is 0 Å². The Bertz CT molecular complexity index is 722. The number of fused-ring (bicyclic) bond motifs is 2. The number of nitrogens with zero attached hydrogens (tertiary/aromatic N) is 1. The summed E-state index contributed by atoms with van der Waals surface area (Å²) < 4.78 is 16.5. The maximum atomic E-state index is 12.7. The first-order valence-corrected chi connectivity index (χ1v) is 9.02. The van der Waals surface area contributed by atoms with Crippen molar-refractivity contribution in [1.82, 2.24) is 5.32 Å². The van der Waals surface area contributed by atoms with E-state index in [4.69, 9.17) is 14.2 Å². The fraction of sp³-hybridized carbons (Fsp3) is 0.579. The summed E-state index contributed by atoms with van der Waals surface area (Å²) in [6.45, 7) is 3.19. The molecule has 1 aliphatic carbocycles. The number of hydrogen-bond acceptors (Lipinski definition) is 5. The Labute approximate surface area is 152 Å². The van der Waals surface area contributed by atoms with Gasteiger partial charge in [0.25, 0.3) is 5.91 Å². The molecule has 0 aromatic heterocycles. The second-order valence-corrected chi connectivity index (χ2v) is 7.24. The van der Waals surface area contributed by atoms with Crippen molar-refractivity contribution >= 4 is 17.5 Å². The van der Waals surface area contributed by atoms with Crippen LogP contribution in [0, 0.1) is 18.8 Å². The van der Waals surface area contributed by atoms with E-state index in [2.05, 4.69) is 5.32 Å². The number of carbonyl (C=O) groups excluding carboxylic acids is 2. The second kappa shape index (κ2) is 6.89. The van der Waals surface area contributed by atoms with Crippen LogP contribution in [0.4, 0.5) is 5.69 Å². The molecule has 7 nitrogen and oxygen atoms in total. The van der Waals surface area contributed by atoms with Crippen LogP contribution in [0.1, 0.15) is 12.0 Å². The predicted molar refractivity (Wildman–Crippen MR) is 94.2 cm³/mol. The molecule has 1 saturated carbocycles. The molecule has 1 aromatic rings. The number of hydrogen-bond donors (Lipinski definition) is 1. The van der Waals surface area contributed by atoms with Crippen molar-refractivity contribution in [2.75, 3.05) is 38.4 Å². The highest BCUT2D eigenvalue weighted by Gasteiger charge is 2.54. The fourth-order valence-electron chi connectivity index (χ4n) is 4.30. The van der Waals surface area contributed by atoms with Gasteiger partial charge in [-0.1, -0.05) is 6.07 Å². The summed E-state index contributed by atoms with van der Waals surface area (Å²) >= 11 is 0. The molecule has 0 radical (unpaired) electrons. The molecule has 2 aliphatic heterocycles. The SMILES string of the molecule is COC[C@@H]1[C@@H](NC(=O)CN2C(=O)COc3ccc(C)cc32)[C@@H]2CCO[C@H]12. The zero-order valence-electron chi connectivity index (χ0n) is 15.1. The number of benzene rings is 1. The minimum atomic E-state index is -0.206. The van der Waals surface area contributed by atoms with E-state index < -0.39 is 0 Å². The summed E-state index contributed by atoms with van der Waals surface area (Å²) in [6, 6.07) is 5.68. The number of ether oxygens (including phenoxy) is 3. The van der Waals surface area contributed by atoms with Crippen LogP contribution in [0.15, 0.2) is 18.2 Å². The number of carbonyl (C=O) groups is 2. The number of methoxy groups -OCH3 is 1. The summed E-state index contributed by atoms with van der Waals surface area (Å²) in [5.74, 6) is 0.778. The first-order chi connectivity index (χ1) is 12.6. The van der Waals surface area contributed by atoms with Crippen molar-refractivity contribution in [1.29, 1.82) is 0 Å². The van der Waals surface area contributed by atoms with Crippen LogP contribution in [0.5, 0.6) is 5.75 Å². The number of anilines is 1. The lowest BCUT2D eigenvalue weighted by Gasteiger charge is -2.47. The van der Waals surface area contributed by atoms with Gasteiger partial charge in [-0.25, -0.2) is 0 Å². The average Bonchev–Trinajstić information content (AvgIpc) is 3.05. The van der Waals surface area contributed by atoms with E-state index in [1.54, 1.807) is 7.11 Å². The molecule has 7 heteroatoms. The standard InChI is InChI=1S/C19H24N2O5/c1-11-3-4-15-14(7-11)21(17(23)10-26-15)8-16(22)20-18-12-5-6-25-19(12)13(18)9-24-2/h3-4,7,12-13,18-19H,5-6,8-10H2,1-2H3,(H,20,22)/t12-,13+,18-,19-/m0/s1. The minimum absolute atomic E-state index is 0.00685. The Morgan fingerprint density at radius 3 is 3.08 bits per heavy atom. The Hall–Kier alpha value is -2.12. The van der Waals surface area contributed by atoms with Gasteiger partial charge in [0.15, 0.2) is 6.61 Å². The van der Waals surface area contributed by atoms with Crippen LogP contribution in [0.2, 0.25) is 0 Å². The molecule has 4 atom stereocenters. The Kier molecular flexibility index (Phi) is 4.58. The van der Waals surface area contributed by atoms with E-state index in [0.29, 0.717) is 24.0 Å². The van der Waals surface area contributed by atoms with Crippen LogP contribution in [-0.4, -0.2) is 57.4 Å². The Morgan fingerprint density at radius 1 is 1.42 bits per heavy atom. The predicted octanol–water partition coefficient (Wildman–Crippen LogP) is 0.887. The largest absolute Gasteiger partial charge is 0.482 e. The zero-order chi connectivity index (χ0) is 18.3. The lowest BCUT2D eigenvalue weighted by molar-refractivity contribution is -0.130. The molecular weight excluding hydrogens is 336 g/mol. The number of aryl methyl sites for hydroxylation is 1. The molecule has 1 N–H and O–H groups in total. The second-order valence-electron chi connectivity index (χ2n) is 7.24. The number of rotatable bonds is 5. The van der Waals surface area contributed by atoms with Gasteiger partial charge in [0.2, 0.25) is 5.91 Å². The highest BCUT2D eigenvalue weighted by molar-refractivity contribution is 6.02. The van der Waals surface area contributed by atoms with Crippen molar-refractivity contribution in [3.05, 3.63) is 23.8 Å². The van der Waals surface area contributed by atoms with Crippen molar-refractivity contribution in [3.8, 4) is 5.75 Å². The van der Waals surface area contributed by atoms with Gasteiger partial charge < -0.3 is 19.5 Å². The molecule has 2 amide bonds. The van der Waals surface area contributed by atoms with Gasteiger partial charge >= 0.3 is 0 Å². The van der Waals surface area contributed by atoms with Crippen LogP contribution >= 0.6 is 0 Å². The van der Waals surface area contributed by atoms with E-state index in [1.807, 2.05) is 25.1 Å². The van der Waals surface area contributed by atoms with Crippen molar-refractivity contribution in [2.24, 2.45) is 11.8 Å². The van der Waals surface area contributed by atoms with E-state index in [0.717, 1.165) is 18.6 Å². The molecule has 2 fully saturated rings. The molecule has 140 valence electrons. The fourth-order valence-corrected chi connectivity index (χ4v) is 4.30. The highest BCUT2D eigenvalue weighted by Crippen LogP contribution is 2.43. The summed E-state index contributed by atoms with van der Waals surface area (Å²) in [5.41, 5.74) is 1.66. The van der Waals surface area contributed by atoms with E-state index >= 15 is 0 Å². The quantitative estimate of drug-likeness (QED) is 0.844. The maximum Gasteiger partial charge on any atom is 0.265 e. The first-order valence-electron chi connectivity index (χ1n) is 9.02. The van der Waals surface area contributed by atoms with Crippen molar-refractivity contribution in [3.63, 3.8) is 0 Å². The smallest absolute Gasteiger partial charge is 0.265 e. The number of amides is 2. The van der Waals surface area contributed by atoms with Gasteiger partial charge in [-0.3, -0.25) is 14.5 Å². The summed E-state index contributed by atoms with van der Waals surface area (Å²) in [7, 11) is 1.66. The van der Waals surface area contributed by atoms with Gasteiger partial charge in [-0.15, -0.1) is 0 Å². The van der Waals surface area contributed by atoms with E-state index in [9.17, 15) is 9.59 Å². The van der Waals surface area contributed by atoms with Gasteiger partial charge in [0, 0.05) is 31.6 Å². The monoisotopic (exact) mass is 360 g/mol. The first kappa shape index (κ1) is 17.3. The third-order valence-electron chi connectivity index (χ3n) is 5.57. The summed E-state index contributed by atoms with van der Waals surface area (Å²) in [4.78, 5) is 26.5. The molecular formula is C19H24N2O5. The highest BCUT2D eigenvalue weighted by atomic mass is 16.5. The lowest BCUT2D eigenvalue weighted by Crippen LogP contribution is -2.63. The molecule has 1 saturated heterocycles. The topological polar surface area (TPSA) is 77.1 Å².